The third-order valence-electron chi connectivity index (χ3n) is 1.24. The minimum atomic E-state index is 1.09. The van der Waals surface area contributed by atoms with Gasteiger partial charge >= 0.3 is 0 Å². The number of rotatable bonds is 3. The molecule has 0 aliphatic heterocycles. The maximum Gasteiger partial charge on any atom is 0.0147 e. The Morgan fingerprint density at radius 3 is 3.00 bits per heavy atom. The van der Waals surface area contributed by atoms with Crippen LogP contribution >= 0.6 is 15.9 Å². The van der Waals surface area contributed by atoms with Crippen molar-refractivity contribution in [2.45, 2.75) is 12.8 Å². The molecule has 0 amide bonds. The molecule has 0 atom stereocenters. The van der Waals surface area contributed by atoms with Crippen molar-refractivity contribution in [3.8, 4) is 0 Å². The number of aromatic nitrogens is 1. The lowest BCUT2D eigenvalue weighted by atomic mass is 10.3. The van der Waals surface area contributed by atoms with Crippen LogP contribution in [0.5, 0.6) is 0 Å². The Morgan fingerprint density at radius 2 is 2.44 bits per heavy atom. The zero-order chi connectivity index (χ0) is 6.53. The standard InChI is InChI=1S/C7H10BrN/c8-5-1-3-7-4-2-6-9-7/h2,4,6,9H,1,3,5H2. The van der Waals surface area contributed by atoms with E-state index in [1.807, 2.05) is 12.3 Å². The highest BCUT2D eigenvalue weighted by atomic mass is 79.9. The van der Waals surface area contributed by atoms with E-state index in [4.69, 9.17) is 0 Å². The first kappa shape index (κ1) is 6.87. The second kappa shape index (κ2) is 3.72. The van der Waals surface area contributed by atoms with Gasteiger partial charge in [0.1, 0.15) is 0 Å². The molecule has 1 aromatic heterocycles. The predicted octanol–water partition coefficient (Wildman–Crippen LogP) is 2.34. The zero-order valence-electron chi connectivity index (χ0n) is 5.23. The number of alkyl halides is 1. The molecule has 0 aliphatic rings. The Bertz CT molecular complexity index is 146. The SMILES string of the molecule is BrCCCc1ccc[nH]1. The number of hydrogen-bond acceptors (Lipinski definition) is 0. The van der Waals surface area contributed by atoms with Crippen LogP contribution in [0.25, 0.3) is 0 Å². The van der Waals surface area contributed by atoms with E-state index < -0.39 is 0 Å². The fourth-order valence-corrected chi connectivity index (χ4v) is 1.06. The molecule has 0 radical (unpaired) electrons. The molecule has 9 heavy (non-hydrogen) atoms. The number of aryl methyl sites for hydroxylation is 1. The molecule has 1 rings (SSSR count). The van der Waals surface area contributed by atoms with E-state index in [0.717, 1.165) is 11.8 Å². The first-order valence-electron chi connectivity index (χ1n) is 3.11. The summed E-state index contributed by atoms with van der Waals surface area (Å²) in [5.74, 6) is 0. The molecule has 0 unspecified atom stereocenters. The van der Waals surface area contributed by atoms with E-state index in [1.165, 1.54) is 12.1 Å². The number of hydrogen-bond donors (Lipinski definition) is 1. The van der Waals surface area contributed by atoms with Crippen molar-refractivity contribution >= 4 is 15.9 Å². The van der Waals surface area contributed by atoms with Crippen LogP contribution < -0.4 is 0 Å². The summed E-state index contributed by atoms with van der Waals surface area (Å²) in [5.41, 5.74) is 1.33. The van der Waals surface area contributed by atoms with Crippen LogP contribution in [-0.4, -0.2) is 10.3 Å². The largest absolute Gasteiger partial charge is 0.365 e. The topological polar surface area (TPSA) is 15.8 Å². The van der Waals surface area contributed by atoms with Gasteiger partial charge in [-0.2, -0.15) is 0 Å². The average Bonchev–Trinajstić information content (AvgIpc) is 2.34. The fourth-order valence-electron chi connectivity index (χ4n) is 0.780. The Morgan fingerprint density at radius 1 is 1.56 bits per heavy atom. The molecule has 1 aromatic rings. The number of H-pyrrole nitrogens is 1. The molecule has 50 valence electrons. The average molecular weight is 188 g/mol. The Labute approximate surface area is 63.6 Å². The molecule has 0 saturated carbocycles. The highest BCUT2D eigenvalue weighted by Crippen LogP contribution is 2.00. The minimum absolute atomic E-state index is 1.09. The van der Waals surface area contributed by atoms with E-state index >= 15 is 0 Å². The van der Waals surface area contributed by atoms with E-state index in [-0.39, 0.29) is 0 Å². The van der Waals surface area contributed by atoms with Crippen LogP contribution in [0.4, 0.5) is 0 Å². The molecule has 2 heteroatoms. The van der Waals surface area contributed by atoms with Gasteiger partial charge in [-0.25, -0.2) is 0 Å². The summed E-state index contributed by atoms with van der Waals surface area (Å²) < 4.78 is 0. The Hall–Kier alpha value is -0.240. The van der Waals surface area contributed by atoms with Gasteiger partial charge in [-0.15, -0.1) is 0 Å². The lowest BCUT2D eigenvalue weighted by molar-refractivity contribution is 0.907. The maximum atomic E-state index is 3.38. The smallest absolute Gasteiger partial charge is 0.0147 e. The third-order valence-corrected chi connectivity index (χ3v) is 1.80. The second-order valence-corrected chi connectivity index (χ2v) is 2.78. The normalized spacial score (nSPS) is 9.89. The van der Waals surface area contributed by atoms with E-state index in [9.17, 15) is 0 Å². The highest BCUT2D eigenvalue weighted by molar-refractivity contribution is 9.09. The molecular formula is C7H10BrN. The molecule has 0 aliphatic carbocycles. The Balaban J connectivity index is 2.30. The molecule has 0 saturated heterocycles. The van der Waals surface area contributed by atoms with Gasteiger partial charge in [-0.1, -0.05) is 15.9 Å². The molecule has 0 spiro atoms. The summed E-state index contributed by atoms with van der Waals surface area (Å²) in [7, 11) is 0. The number of halogens is 1. The minimum Gasteiger partial charge on any atom is -0.365 e. The summed E-state index contributed by atoms with van der Waals surface area (Å²) in [4.78, 5) is 3.15. The van der Waals surface area contributed by atoms with Crippen molar-refractivity contribution in [1.82, 2.24) is 4.98 Å². The molecule has 1 heterocycles. The van der Waals surface area contributed by atoms with Crippen molar-refractivity contribution in [3.05, 3.63) is 24.0 Å². The molecule has 1 N–H and O–H groups in total. The summed E-state index contributed by atoms with van der Waals surface area (Å²) in [6, 6.07) is 4.15. The van der Waals surface area contributed by atoms with Crippen molar-refractivity contribution < 1.29 is 0 Å². The number of aromatic amines is 1. The third kappa shape index (κ3) is 2.22. The second-order valence-electron chi connectivity index (χ2n) is 1.99. The van der Waals surface area contributed by atoms with Crippen LogP contribution in [0, 0.1) is 0 Å². The van der Waals surface area contributed by atoms with Crippen LogP contribution in [-0.2, 0) is 6.42 Å². The van der Waals surface area contributed by atoms with Gasteiger partial charge in [0.25, 0.3) is 0 Å². The van der Waals surface area contributed by atoms with Crippen molar-refractivity contribution in [2.75, 3.05) is 5.33 Å². The zero-order valence-corrected chi connectivity index (χ0v) is 6.82. The first-order chi connectivity index (χ1) is 4.43. The van der Waals surface area contributed by atoms with Gasteiger partial charge in [0, 0.05) is 17.2 Å². The Kier molecular flexibility index (Phi) is 2.84. The van der Waals surface area contributed by atoms with Gasteiger partial charge in [-0.05, 0) is 25.0 Å². The molecular weight excluding hydrogens is 178 g/mol. The van der Waals surface area contributed by atoms with Crippen LogP contribution in [0.15, 0.2) is 18.3 Å². The van der Waals surface area contributed by atoms with Gasteiger partial charge in [0.15, 0.2) is 0 Å². The first-order valence-corrected chi connectivity index (χ1v) is 4.24. The van der Waals surface area contributed by atoms with Crippen LogP contribution in [0.2, 0.25) is 0 Å². The molecule has 0 fully saturated rings. The lowest BCUT2D eigenvalue weighted by Crippen LogP contribution is -1.83. The fraction of sp³-hybridized carbons (Fsp3) is 0.429. The summed E-state index contributed by atoms with van der Waals surface area (Å²) in [5, 5.41) is 1.09. The van der Waals surface area contributed by atoms with Crippen LogP contribution in [0.1, 0.15) is 12.1 Å². The predicted molar refractivity (Wildman–Crippen MR) is 42.9 cm³/mol. The monoisotopic (exact) mass is 187 g/mol. The maximum absolute atomic E-state index is 3.38. The quantitative estimate of drug-likeness (QED) is 0.700. The van der Waals surface area contributed by atoms with Crippen molar-refractivity contribution in [2.24, 2.45) is 0 Å². The molecule has 0 bridgehead atoms. The van der Waals surface area contributed by atoms with Crippen molar-refractivity contribution in [3.63, 3.8) is 0 Å². The van der Waals surface area contributed by atoms with Gasteiger partial charge in [0.2, 0.25) is 0 Å². The lowest BCUT2D eigenvalue weighted by Gasteiger charge is -1.90. The summed E-state index contributed by atoms with van der Waals surface area (Å²) in [6.45, 7) is 0. The summed E-state index contributed by atoms with van der Waals surface area (Å²) in [6.07, 6.45) is 4.32. The molecule has 1 nitrogen and oxygen atoms in total. The van der Waals surface area contributed by atoms with Gasteiger partial charge in [-0.3, -0.25) is 0 Å². The van der Waals surface area contributed by atoms with E-state index in [2.05, 4.69) is 27.0 Å². The molecule has 0 aromatic carbocycles. The van der Waals surface area contributed by atoms with E-state index in [0.29, 0.717) is 0 Å². The highest BCUT2D eigenvalue weighted by Gasteiger charge is 1.89. The van der Waals surface area contributed by atoms with E-state index in [1.54, 1.807) is 0 Å². The van der Waals surface area contributed by atoms with Gasteiger partial charge < -0.3 is 4.98 Å². The van der Waals surface area contributed by atoms with Gasteiger partial charge in [0.05, 0.1) is 0 Å². The van der Waals surface area contributed by atoms with Crippen molar-refractivity contribution in [1.29, 1.82) is 0 Å². The van der Waals surface area contributed by atoms with Crippen LogP contribution in [0.3, 0.4) is 0 Å². The summed E-state index contributed by atoms with van der Waals surface area (Å²) >= 11 is 3.38. The number of nitrogens with one attached hydrogen (secondary N) is 1.